The fourth-order valence-electron chi connectivity index (χ4n) is 3.58. The monoisotopic (exact) mass is 401 g/mol. The van der Waals surface area contributed by atoms with Crippen molar-refractivity contribution in [1.29, 1.82) is 0 Å². The fraction of sp³-hybridized carbons (Fsp3) is 0.333. The van der Waals surface area contributed by atoms with E-state index in [0.29, 0.717) is 50.5 Å². The van der Waals surface area contributed by atoms with Gasteiger partial charge in [-0.2, -0.15) is 0 Å². The third-order valence-corrected chi connectivity index (χ3v) is 5.24. The minimum Gasteiger partial charge on any atom is -0.484 e. The Labute approximate surface area is 167 Å². The third-order valence-electron chi connectivity index (χ3n) is 5.24. The molecule has 0 saturated carbocycles. The zero-order valence-corrected chi connectivity index (χ0v) is 15.8. The van der Waals surface area contributed by atoms with Crippen LogP contribution in [0, 0.1) is 11.6 Å². The molecule has 1 fully saturated rings. The van der Waals surface area contributed by atoms with Crippen LogP contribution in [0.2, 0.25) is 0 Å². The Morgan fingerprint density at radius 2 is 1.79 bits per heavy atom. The van der Waals surface area contributed by atoms with Crippen LogP contribution in [-0.4, -0.2) is 49.5 Å². The summed E-state index contributed by atoms with van der Waals surface area (Å²) in [6.45, 7) is 1.97. The first-order valence-electron chi connectivity index (χ1n) is 9.53. The highest BCUT2D eigenvalue weighted by atomic mass is 19.2. The van der Waals surface area contributed by atoms with E-state index in [2.05, 4.69) is 5.32 Å². The third kappa shape index (κ3) is 4.31. The second-order valence-electron chi connectivity index (χ2n) is 7.12. The van der Waals surface area contributed by atoms with Gasteiger partial charge >= 0.3 is 0 Å². The van der Waals surface area contributed by atoms with E-state index in [1.54, 1.807) is 17.0 Å². The highest BCUT2D eigenvalue weighted by molar-refractivity contribution is 5.94. The van der Waals surface area contributed by atoms with Crippen molar-refractivity contribution in [2.75, 3.05) is 43.0 Å². The molecule has 4 rings (SSSR count). The first kappa shape index (κ1) is 19.2. The van der Waals surface area contributed by atoms with E-state index in [4.69, 9.17) is 4.74 Å². The number of carbonyl (C=O) groups is 2. The van der Waals surface area contributed by atoms with Crippen molar-refractivity contribution in [3.05, 3.63) is 53.6 Å². The zero-order chi connectivity index (χ0) is 20.4. The number of carbonyl (C=O) groups excluding carboxylic acids is 2. The van der Waals surface area contributed by atoms with Crippen LogP contribution in [0.1, 0.15) is 12.0 Å². The zero-order valence-electron chi connectivity index (χ0n) is 15.8. The molecule has 1 saturated heterocycles. The summed E-state index contributed by atoms with van der Waals surface area (Å²) < 4.78 is 32.2. The van der Waals surface area contributed by atoms with Gasteiger partial charge in [0.2, 0.25) is 5.91 Å². The first-order valence-corrected chi connectivity index (χ1v) is 9.53. The summed E-state index contributed by atoms with van der Waals surface area (Å²) in [6, 6.07) is 9.20. The van der Waals surface area contributed by atoms with Crippen LogP contribution in [-0.2, 0) is 16.0 Å². The summed E-state index contributed by atoms with van der Waals surface area (Å²) in [5.74, 6) is -1.28. The maximum Gasteiger partial charge on any atom is 0.260 e. The molecular formula is C21H21F2N3O3. The number of fused-ring (bicyclic) bond motifs is 1. The molecule has 152 valence electrons. The molecule has 2 aliphatic heterocycles. The number of hydrogen-bond donors (Lipinski definition) is 1. The van der Waals surface area contributed by atoms with Crippen LogP contribution in [0.15, 0.2) is 36.4 Å². The lowest BCUT2D eigenvalue weighted by Gasteiger charge is -2.36. The molecule has 0 bridgehead atoms. The average molecular weight is 401 g/mol. The van der Waals surface area contributed by atoms with E-state index in [0.717, 1.165) is 17.3 Å². The van der Waals surface area contributed by atoms with Crippen LogP contribution >= 0.6 is 0 Å². The van der Waals surface area contributed by atoms with E-state index < -0.39 is 11.6 Å². The lowest BCUT2D eigenvalue weighted by molar-refractivity contribution is -0.133. The number of amides is 2. The van der Waals surface area contributed by atoms with Crippen molar-refractivity contribution in [2.45, 2.75) is 12.8 Å². The quantitative estimate of drug-likeness (QED) is 0.856. The molecule has 8 heteroatoms. The molecular weight excluding hydrogens is 380 g/mol. The fourth-order valence-corrected chi connectivity index (χ4v) is 3.58. The van der Waals surface area contributed by atoms with Gasteiger partial charge in [-0.15, -0.1) is 0 Å². The number of piperazine rings is 1. The number of nitrogens with zero attached hydrogens (tertiary/aromatic N) is 2. The number of halogens is 2. The van der Waals surface area contributed by atoms with Gasteiger partial charge in [0.25, 0.3) is 5.91 Å². The predicted molar refractivity (Wildman–Crippen MR) is 104 cm³/mol. The summed E-state index contributed by atoms with van der Waals surface area (Å²) in [5.41, 5.74) is 2.39. The van der Waals surface area contributed by atoms with E-state index >= 15 is 0 Å². The largest absolute Gasteiger partial charge is 0.484 e. The normalized spacial score (nSPS) is 16.3. The molecule has 6 nitrogen and oxygen atoms in total. The highest BCUT2D eigenvalue weighted by Crippen LogP contribution is 2.27. The maximum absolute atomic E-state index is 13.4. The van der Waals surface area contributed by atoms with Crippen molar-refractivity contribution < 1.29 is 23.1 Å². The van der Waals surface area contributed by atoms with Crippen LogP contribution in [0.4, 0.5) is 20.2 Å². The van der Waals surface area contributed by atoms with Crippen molar-refractivity contribution in [3.63, 3.8) is 0 Å². The topological polar surface area (TPSA) is 61.9 Å². The number of rotatable bonds is 4. The van der Waals surface area contributed by atoms with Crippen LogP contribution in [0.25, 0.3) is 0 Å². The van der Waals surface area contributed by atoms with Crippen molar-refractivity contribution in [3.8, 4) is 5.75 Å². The van der Waals surface area contributed by atoms with E-state index in [1.165, 1.54) is 12.1 Å². The van der Waals surface area contributed by atoms with Gasteiger partial charge in [0.15, 0.2) is 18.2 Å². The predicted octanol–water partition coefficient (Wildman–Crippen LogP) is 2.58. The van der Waals surface area contributed by atoms with Gasteiger partial charge in [-0.25, -0.2) is 8.78 Å². The lowest BCUT2D eigenvalue weighted by atomic mass is 10.0. The summed E-state index contributed by atoms with van der Waals surface area (Å²) in [5, 5.41) is 2.81. The Hall–Kier alpha value is -3.16. The van der Waals surface area contributed by atoms with Crippen LogP contribution in [0.3, 0.4) is 0 Å². The SMILES string of the molecule is O=C1CCc2cc(OCC(=O)N3CCN(c4ccc(F)c(F)c4)CC3)ccc2N1. The van der Waals surface area contributed by atoms with E-state index in [1.807, 2.05) is 11.0 Å². The molecule has 29 heavy (non-hydrogen) atoms. The van der Waals surface area contributed by atoms with Gasteiger partial charge in [-0.1, -0.05) is 0 Å². The minimum absolute atomic E-state index is 0.00358. The summed E-state index contributed by atoms with van der Waals surface area (Å²) in [6.07, 6.45) is 1.09. The molecule has 1 N–H and O–H groups in total. The van der Waals surface area contributed by atoms with Crippen LogP contribution in [0.5, 0.6) is 5.75 Å². The van der Waals surface area contributed by atoms with Gasteiger partial charge < -0.3 is 19.9 Å². The second kappa shape index (κ2) is 8.06. The number of ether oxygens (including phenoxy) is 1. The van der Waals surface area contributed by atoms with Gasteiger partial charge in [0, 0.05) is 50.0 Å². The number of hydrogen-bond acceptors (Lipinski definition) is 4. The van der Waals surface area contributed by atoms with Crippen LogP contribution < -0.4 is 15.0 Å². The Morgan fingerprint density at radius 3 is 2.55 bits per heavy atom. The molecule has 2 heterocycles. The first-order chi connectivity index (χ1) is 14.0. The lowest BCUT2D eigenvalue weighted by Crippen LogP contribution is -2.50. The highest BCUT2D eigenvalue weighted by Gasteiger charge is 2.22. The molecule has 2 aromatic rings. The van der Waals surface area contributed by atoms with Crippen molar-refractivity contribution in [2.24, 2.45) is 0 Å². The van der Waals surface area contributed by atoms with E-state index in [-0.39, 0.29) is 18.4 Å². The van der Waals surface area contributed by atoms with Crippen molar-refractivity contribution in [1.82, 2.24) is 4.90 Å². The smallest absolute Gasteiger partial charge is 0.260 e. The molecule has 0 aliphatic carbocycles. The van der Waals surface area contributed by atoms with Gasteiger partial charge in [0.05, 0.1) is 0 Å². The van der Waals surface area contributed by atoms with Gasteiger partial charge in [0.1, 0.15) is 5.75 Å². The Balaban J connectivity index is 1.29. The minimum atomic E-state index is -0.876. The molecule has 0 aromatic heterocycles. The standard InChI is InChI=1S/C21H21F2N3O3/c22-17-4-2-15(12-18(17)23)25-7-9-26(10-8-25)21(28)13-29-16-3-5-19-14(11-16)1-6-20(27)24-19/h2-5,11-12H,1,6-10,13H2,(H,24,27). The summed E-state index contributed by atoms with van der Waals surface area (Å²) in [4.78, 5) is 27.5. The number of aryl methyl sites for hydroxylation is 1. The Bertz CT molecular complexity index is 943. The number of anilines is 2. The molecule has 2 aromatic carbocycles. The van der Waals surface area contributed by atoms with Gasteiger partial charge in [-0.3, -0.25) is 9.59 Å². The molecule has 0 spiro atoms. The summed E-state index contributed by atoms with van der Waals surface area (Å²) in [7, 11) is 0. The molecule has 2 amide bonds. The Kier molecular flexibility index (Phi) is 5.33. The van der Waals surface area contributed by atoms with E-state index in [9.17, 15) is 18.4 Å². The number of benzene rings is 2. The molecule has 0 radical (unpaired) electrons. The molecule has 0 unspecified atom stereocenters. The number of nitrogens with one attached hydrogen (secondary N) is 1. The second-order valence-corrected chi connectivity index (χ2v) is 7.12. The molecule has 0 atom stereocenters. The van der Waals surface area contributed by atoms with Crippen molar-refractivity contribution >= 4 is 23.2 Å². The maximum atomic E-state index is 13.4. The summed E-state index contributed by atoms with van der Waals surface area (Å²) >= 11 is 0. The Morgan fingerprint density at radius 1 is 1.00 bits per heavy atom. The average Bonchev–Trinajstić information content (AvgIpc) is 2.74. The van der Waals surface area contributed by atoms with Gasteiger partial charge in [-0.05, 0) is 42.3 Å². The molecule has 2 aliphatic rings.